The summed E-state index contributed by atoms with van der Waals surface area (Å²) < 4.78 is 5.28. The van der Waals surface area contributed by atoms with Gasteiger partial charge in [-0.1, -0.05) is 12.1 Å². The monoisotopic (exact) mass is 217 g/mol. The maximum Gasteiger partial charge on any atom is 0.311 e. The van der Waals surface area contributed by atoms with Crippen molar-refractivity contribution in [2.24, 2.45) is 0 Å². The van der Waals surface area contributed by atoms with Gasteiger partial charge in [-0.2, -0.15) is 0 Å². The quantitative estimate of drug-likeness (QED) is 0.581. The molecule has 0 saturated heterocycles. The molecule has 0 aliphatic carbocycles. The molecule has 2 rings (SSSR count). The van der Waals surface area contributed by atoms with Crippen LogP contribution in [0.25, 0.3) is 0 Å². The molecule has 0 unspecified atom stereocenters. The Hall–Kier alpha value is -2.50. The first-order valence-electron chi connectivity index (χ1n) is 4.44. The predicted octanol–water partition coefficient (Wildman–Crippen LogP) is 2.18. The lowest BCUT2D eigenvalue weighted by Gasteiger charge is -2.03. The van der Waals surface area contributed by atoms with Crippen LogP contribution in [0.1, 0.15) is 0 Å². The number of hydrogen-bond acceptors (Lipinski definition) is 5. The Bertz CT molecular complexity index is 502. The van der Waals surface area contributed by atoms with Crippen LogP contribution in [0, 0.1) is 10.1 Å². The van der Waals surface area contributed by atoms with E-state index in [4.69, 9.17) is 4.74 Å². The van der Waals surface area contributed by atoms with Crippen LogP contribution >= 0.6 is 0 Å². The van der Waals surface area contributed by atoms with Gasteiger partial charge in [0.2, 0.25) is 11.6 Å². The highest BCUT2D eigenvalue weighted by Crippen LogP contribution is 2.29. The highest BCUT2D eigenvalue weighted by Gasteiger charge is 2.14. The van der Waals surface area contributed by atoms with Crippen LogP contribution in [0.3, 0.4) is 0 Å². The van der Waals surface area contributed by atoms with Crippen molar-refractivity contribution in [3.05, 3.63) is 53.0 Å². The number of benzene rings is 1. The van der Waals surface area contributed by atoms with E-state index < -0.39 is 4.92 Å². The zero-order chi connectivity index (χ0) is 11.4. The zero-order valence-electron chi connectivity index (χ0n) is 8.11. The molecule has 1 aromatic heterocycles. The summed E-state index contributed by atoms with van der Waals surface area (Å²) in [4.78, 5) is 17.7. The van der Waals surface area contributed by atoms with Crippen LogP contribution in [0.5, 0.6) is 11.6 Å². The van der Waals surface area contributed by atoms with E-state index >= 15 is 0 Å². The fourth-order valence-corrected chi connectivity index (χ4v) is 1.15. The topological polar surface area (TPSA) is 78.2 Å². The Morgan fingerprint density at radius 1 is 1.25 bits per heavy atom. The first-order valence-corrected chi connectivity index (χ1v) is 4.44. The molecule has 1 aromatic carbocycles. The number of hydrogen-bond donors (Lipinski definition) is 0. The molecule has 0 atom stereocenters. The Morgan fingerprint density at radius 3 is 2.75 bits per heavy atom. The SMILES string of the molecule is O=[N+]([O-])c1ccccc1Oc1ccncn1. The maximum absolute atomic E-state index is 10.7. The molecule has 0 saturated carbocycles. The molecular weight excluding hydrogens is 210 g/mol. The molecule has 2 aromatic rings. The molecule has 0 fully saturated rings. The molecule has 0 N–H and O–H groups in total. The molecule has 6 heteroatoms. The van der Waals surface area contributed by atoms with Crippen molar-refractivity contribution in [2.75, 3.05) is 0 Å². The number of rotatable bonds is 3. The minimum Gasteiger partial charge on any atom is -0.432 e. The minimum absolute atomic E-state index is 0.0962. The summed E-state index contributed by atoms with van der Waals surface area (Å²) in [6.07, 6.45) is 2.81. The smallest absolute Gasteiger partial charge is 0.311 e. The van der Waals surface area contributed by atoms with E-state index in [-0.39, 0.29) is 17.3 Å². The standard InChI is InChI=1S/C10H7N3O3/c14-13(15)8-3-1-2-4-9(8)16-10-5-6-11-7-12-10/h1-7H. The third kappa shape index (κ3) is 2.11. The lowest BCUT2D eigenvalue weighted by Crippen LogP contribution is -1.94. The lowest BCUT2D eigenvalue weighted by molar-refractivity contribution is -0.385. The summed E-state index contributed by atoms with van der Waals surface area (Å²) in [5, 5.41) is 10.7. The average Bonchev–Trinajstić information content (AvgIpc) is 2.31. The van der Waals surface area contributed by atoms with Gasteiger partial charge in [0, 0.05) is 18.3 Å². The van der Waals surface area contributed by atoms with E-state index in [0.29, 0.717) is 0 Å². The Morgan fingerprint density at radius 2 is 2.06 bits per heavy atom. The molecule has 0 aliphatic heterocycles. The van der Waals surface area contributed by atoms with Gasteiger partial charge >= 0.3 is 5.69 Å². The van der Waals surface area contributed by atoms with E-state index in [9.17, 15) is 10.1 Å². The van der Waals surface area contributed by atoms with Gasteiger partial charge in [-0.25, -0.2) is 9.97 Å². The maximum atomic E-state index is 10.7. The summed E-state index contributed by atoms with van der Waals surface area (Å²) >= 11 is 0. The van der Waals surface area contributed by atoms with Crippen LogP contribution in [-0.2, 0) is 0 Å². The Kier molecular flexibility index (Phi) is 2.73. The van der Waals surface area contributed by atoms with Crippen molar-refractivity contribution < 1.29 is 9.66 Å². The molecule has 0 bridgehead atoms. The lowest BCUT2D eigenvalue weighted by atomic mass is 10.3. The van der Waals surface area contributed by atoms with Crippen LogP contribution in [-0.4, -0.2) is 14.9 Å². The van der Waals surface area contributed by atoms with E-state index in [1.807, 2.05) is 0 Å². The summed E-state index contributed by atoms with van der Waals surface area (Å²) in [7, 11) is 0. The summed E-state index contributed by atoms with van der Waals surface area (Å²) in [6.45, 7) is 0. The predicted molar refractivity (Wildman–Crippen MR) is 55.2 cm³/mol. The van der Waals surface area contributed by atoms with Crippen LogP contribution < -0.4 is 4.74 Å². The first-order chi connectivity index (χ1) is 7.77. The van der Waals surface area contributed by atoms with Gasteiger partial charge in [-0.15, -0.1) is 0 Å². The zero-order valence-corrected chi connectivity index (χ0v) is 8.11. The molecule has 0 spiro atoms. The van der Waals surface area contributed by atoms with Crippen LogP contribution in [0.15, 0.2) is 42.9 Å². The number of para-hydroxylation sites is 2. The van der Waals surface area contributed by atoms with Gasteiger partial charge in [-0.3, -0.25) is 10.1 Å². The fourth-order valence-electron chi connectivity index (χ4n) is 1.15. The fraction of sp³-hybridized carbons (Fsp3) is 0. The van der Waals surface area contributed by atoms with Crippen molar-refractivity contribution >= 4 is 5.69 Å². The van der Waals surface area contributed by atoms with E-state index in [2.05, 4.69) is 9.97 Å². The normalized spacial score (nSPS) is 9.75. The molecule has 0 amide bonds. The molecule has 1 heterocycles. The second-order valence-corrected chi connectivity index (χ2v) is 2.87. The van der Waals surface area contributed by atoms with Crippen molar-refractivity contribution in [3.8, 4) is 11.6 Å². The molecular formula is C10H7N3O3. The van der Waals surface area contributed by atoms with Crippen LogP contribution in [0.4, 0.5) is 5.69 Å². The van der Waals surface area contributed by atoms with Gasteiger partial charge in [0.15, 0.2) is 0 Å². The van der Waals surface area contributed by atoms with Gasteiger partial charge < -0.3 is 4.74 Å². The Labute approximate surface area is 90.7 Å². The van der Waals surface area contributed by atoms with E-state index in [1.54, 1.807) is 12.1 Å². The Balaban J connectivity index is 2.31. The third-order valence-corrected chi connectivity index (χ3v) is 1.83. The summed E-state index contributed by atoms with van der Waals surface area (Å²) in [5.41, 5.74) is -0.0962. The van der Waals surface area contributed by atoms with Crippen molar-refractivity contribution in [1.82, 2.24) is 9.97 Å². The molecule has 80 valence electrons. The first kappa shape index (κ1) is 10.0. The molecule has 6 nitrogen and oxygen atoms in total. The highest BCUT2D eigenvalue weighted by atomic mass is 16.6. The van der Waals surface area contributed by atoms with Gasteiger partial charge in [0.1, 0.15) is 6.33 Å². The van der Waals surface area contributed by atoms with Gasteiger partial charge in [0.05, 0.1) is 4.92 Å². The van der Waals surface area contributed by atoms with E-state index in [0.717, 1.165) is 0 Å². The van der Waals surface area contributed by atoms with Crippen molar-refractivity contribution in [2.45, 2.75) is 0 Å². The molecule has 0 radical (unpaired) electrons. The third-order valence-electron chi connectivity index (χ3n) is 1.83. The number of nitro benzene ring substituents is 1. The average molecular weight is 217 g/mol. The number of nitrogens with zero attached hydrogens (tertiary/aromatic N) is 3. The second kappa shape index (κ2) is 4.35. The highest BCUT2D eigenvalue weighted by molar-refractivity contribution is 5.47. The van der Waals surface area contributed by atoms with Crippen molar-refractivity contribution in [1.29, 1.82) is 0 Å². The van der Waals surface area contributed by atoms with Crippen LogP contribution in [0.2, 0.25) is 0 Å². The number of ether oxygens (including phenoxy) is 1. The molecule has 16 heavy (non-hydrogen) atoms. The number of aromatic nitrogens is 2. The molecule has 0 aliphatic rings. The number of nitro groups is 1. The summed E-state index contributed by atoms with van der Waals surface area (Å²) in [5.74, 6) is 0.426. The summed E-state index contributed by atoms with van der Waals surface area (Å²) in [6, 6.07) is 7.64. The van der Waals surface area contributed by atoms with Crippen molar-refractivity contribution in [3.63, 3.8) is 0 Å². The largest absolute Gasteiger partial charge is 0.432 e. The van der Waals surface area contributed by atoms with E-state index in [1.165, 1.54) is 30.7 Å². The second-order valence-electron chi connectivity index (χ2n) is 2.87. The van der Waals surface area contributed by atoms with Gasteiger partial charge in [0.25, 0.3) is 0 Å². The minimum atomic E-state index is -0.503. The van der Waals surface area contributed by atoms with Gasteiger partial charge in [-0.05, 0) is 6.07 Å².